The molecule has 7 heteroatoms. The Hall–Kier alpha value is -2.60. The van der Waals surface area contributed by atoms with E-state index in [0.717, 1.165) is 5.56 Å². The minimum atomic E-state index is -0.641. The Bertz CT molecular complexity index is 813. The molecule has 0 spiro atoms. The summed E-state index contributed by atoms with van der Waals surface area (Å²) in [6.07, 6.45) is 0. The van der Waals surface area contributed by atoms with Crippen LogP contribution in [0, 0.1) is 12.7 Å². The molecule has 0 bridgehead atoms. The quantitative estimate of drug-likeness (QED) is 0.805. The third-order valence-corrected chi connectivity index (χ3v) is 4.79. The lowest BCUT2D eigenvalue weighted by atomic mass is 10.1. The van der Waals surface area contributed by atoms with Crippen LogP contribution in [0.1, 0.15) is 15.9 Å². The minimum absolute atomic E-state index is 0.0594. The summed E-state index contributed by atoms with van der Waals surface area (Å²) in [4.78, 5) is 28.0. The van der Waals surface area contributed by atoms with Crippen molar-refractivity contribution in [2.75, 3.05) is 32.8 Å². The van der Waals surface area contributed by atoms with Crippen LogP contribution in [0.25, 0.3) is 0 Å². The maximum absolute atomic E-state index is 13.9. The average molecular weight is 391 g/mol. The van der Waals surface area contributed by atoms with Crippen molar-refractivity contribution in [1.29, 1.82) is 0 Å². The molecule has 142 valence electrons. The molecule has 0 atom stereocenters. The molecule has 27 heavy (non-hydrogen) atoms. The first-order valence-corrected chi connectivity index (χ1v) is 9.04. The second-order valence-electron chi connectivity index (χ2n) is 6.37. The summed E-state index contributed by atoms with van der Waals surface area (Å²) in [5.41, 5.74) is 0.992. The van der Waals surface area contributed by atoms with E-state index in [1.165, 1.54) is 23.1 Å². The zero-order valence-corrected chi connectivity index (χ0v) is 15.7. The average Bonchev–Trinajstić information content (AvgIpc) is 2.67. The molecule has 1 heterocycles. The molecule has 1 aliphatic heterocycles. The molecule has 3 rings (SSSR count). The highest BCUT2D eigenvalue weighted by Crippen LogP contribution is 2.21. The Kier molecular flexibility index (Phi) is 5.96. The first-order valence-electron chi connectivity index (χ1n) is 8.66. The number of nitrogens with zero attached hydrogens (tertiary/aromatic N) is 2. The van der Waals surface area contributed by atoms with E-state index in [2.05, 4.69) is 0 Å². The number of amides is 2. The van der Waals surface area contributed by atoms with Crippen LogP contribution >= 0.6 is 11.6 Å². The van der Waals surface area contributed by atoms with E-state index in [4.69, 9.17) is 16.3 Å². The maximum atomic E-state index is 13.9. The Morgan fingerprint density at radius 2 is 1.67 bits per heavy atom. The van der Waals surface area contributed by atoms with Gasteiger partial charge in [-0.3, -0.25) is 9.59 Å². The predicted octanol–water partition coefficient (Wildman–Crippen LogP) is 3.15. The van der Waals surface area contributed by atoms with Crippen LogP contribution in [0.3, 0.4) is 0 Å². The van der Waals surface area contributed by atoms with Gasteiger partial charge in [-0.05, 0) is 31.2 Å². The lowest BCUT2D eigenvalue weighted by molar-refractivity contribution is -0.134. The normalized spacial score (nSPS) is 14.2. The molecule has 0 unspecified atom stereocenters. The van der Waals surface area contributed by atoms with Gasteiger partial charge in [-0.2, -0.15) is 0 Å². The standard InChI is InChI=1S/C20H20ClFN2O3/c1-14-5-7-15(8-6-14)27-13-18(25)23-9-11-24(12-10-23)20(26)19-16(21)3-2-4-17(19)22/h2-8H,9-13H2,1H3. The molecule has 0 radical (unpaired) electrons. The van der Waals surface area contributed by atoms with E-state index in [0.29, 0.717) is 31.9 Å². The minimum Gasteiger partial charge on any atom is -0.484 e. The van der Waals surface area contributed by atoms with Crippen molar-refractivity contribution < 1.29 is 18.7 Å². The third kappa shape index (κ3) is 4.57. The molecule has 2 aromatic carbocycles. The van der Waals surface area contributed by atoms with Crippen molar-refractivity contribution in [3.05, 3.63) is 64.4 Å². The van der Waals surface area contributed by atoms with Crippen LogP contribution in [-0.4, -0.2) is 54.4 Å². The predicted molar refractivity (Wildman–Crippen MR) is 101 cm³/mol. The highest BCUT2D eigenvalue weighted by Gasteiger charge is 2.27. The van der Waals surface area contributed by atoms with Gasteiger partial charge in [0.15, 0.2) is 6.61 Å². The Morgan fingerprint density at radius 3 is 2.30 bits per heavy atom. The maximum Gasteiger partial charge on any atom is 0.260 e. The van der Waals surface area contributed by atoms with Crippen LogP contribution in [-0.2, 0) is 4.79 Å². The van der Waals surface area contributed by atoms with Gasteiger partial charge in [0.05, 0.1) is 10.6 Å². The molecular formula is C20H20ClFN2O3. The molecule has 2 aromatic rings. The fraction of sp³-hybridized carbons (Fsp3) is 0.300. The molecule has 0 aromatic heterocycles. The van der Waals surface area contributed by atoms with E-state index < -0.39 is 11.7 Å². The number of halogens is 2. The number of hydrogen-bond acceptors (Lipinski definition) is 3. The van der Waals surface area contributed by atoms with Crippen molar-refractivity contribution in [2.45, 2.75) is 6.92 Å². The second kappa shape index (κ2) is 8.39. The zero-order valence-electron chi connectivity index (χ0n) is 15.0. The number of carbonyl (C=O) groups excluding carboxylic acids is 2. The fourth-order valence-electron chi connectivity index (χ4n) is 2.89. The number of aryl methyl sites for hydroxylation is 1. The molecule has 0 aliphatic carbocycles. The number of piperazine rings is 1. The van der Waals surface area contributed by atoms with Gasteiger partial charge in [-0.15, -0.1) is 0 Å². The van der Waals surface area contributed by atoms with Gasteiger partial charge in [0.25, 0.3) is 11.8 Å². The molecule has 0 saturated carbocycles. The van der Waals surface area contributed by atoms with E-state index in [1.807, 2.05) is 31.2 Å². The summed E-state index contributed by atoms with van der Waals surface area (Å²) in [6.45, 7) is 3.29. The van der Waals surface area contributed by atoms with Gasteiger partial charge >= 0.3 is 0 Å². The monoisotopic (exact) mass is 390 g/mol. The van der Waals surface area contributed by atoms with Crippen molar-refractivity contribution in [1.82, 2.24) is 9.80 Å². The highest BCUT2D eigenvalue weighted by molar-refractivity contribution is 6.33. The lowest BCUT2D eigenvalue weighted by Gasteiger charge is -2.34. The zero-order chi connectivity index (χ0) is 19.4. The van der Waals surface area contributed by atoms with Gasteiger partial charge in [-0.25, -0.2) is 4.39 Å². The highest BCUT2D eigenvalue weighted by atomic mass is 35.5. The molecule has 2 amide bonds. The summed E-state index contributed by atoms with van der Waals surface area (Å²) in [5.74, 6) is -0.609. The Morgan fingerprint density at radius 1 is 1.04 bits per heavy atom. The summed E-state index contributed by atoms with van der Waals surface area (Å²) in [7, 11) is 0. The molecule has 0 N–H and O–H groups in total. The van der Waals surface area contributed by atoms with E-state index in [9.17, 15) is 14.0 Å². The summed E-state index contributed by atoms with van der Waals surface area (Å²) in [5, 5.41) is 0.0880. The van der Waals surface area contributed by atoms with Crippen LogP contribution in [0.4, 0.5) is 4.39 Å². The number of hydrogen-bond donors (Lipinski definition) is 0. The van der Waals surface area contributed by atoms with Crippen LogP contribution in [0.2, 0.25) is 5.02 Å². The van der Waals surface area contributed by atoms with Crippen molar-refractivity contribution in [3.8, 4) is 5.75 Å². The van der Waals surface area contributed by atoms with Gasteiger partial charge in [0, 0.05) is 26.2 Å². The molecule has 1 aliphatic rings. The third-order valence-electron chi connectivity index (χ3n) is 4.48. The smallest absolute Gasteiger partial charge is 0.260 e. The van der Waals surface area contributed by atoms with Crippen LogP contribution in [0.5, 0.6) is 5.75 Å². The van der Waals surface area contributed by atoms with E-state index in [1.54, 1.807) is 4.90 Å². The van der Waals surface area contributed by atoms with Crippen LogP contribution in [0.15, 0.2) is 42.5 Å². The molecule has 1 fully saturated rings. The lowest BCUT2D eigenvalue weighted by Crippen LogP contribution is -2.51. The molecule has 1 saturated heterocycles. The summed E-state index contributed by atoms with van der Waals surface area (Å²) in [6, 6.07) is 11.6. The first-order chi connectivity index (χ1) is 13.0. The van der Waals surface area contributed by atoms with Gasteiger partial charge in [0.2, 0.25) is 0 Å². The fourth-order valence-corrected chi connectivity index (χ4v) is 3.13. The van der Waals surface area contributed by atoms with Crippen LogP contribution < -0.4 is 4.74 Å². The van der Waals surface area contributed by atoms with Gasteiger partial charge in [0.1, 0.15) is 11.6 Å². The number of ether oxygens (including phenoxy) is 1. The Labute approximate surface area is 162 Å². The summed E-state index contributed by atoms with van der Waals surface area (Å²) < 4.78 is 19.4. The number of benzene rings is 2. The van der Waals surface area contributed by atoms with Gasteiger partial charge in [-0.1, -0.05) is 35.4 Å². The van der Waals surface area contributed by atoms with Crippen molar-refractivity contribution >= 4 is 23.4 Å². The number of rotatable bonds is 4. The first kappa shape index (κ1) is 19.2. The molecule has 5 nitrogen and oxygen atoms in total. The van der Waals surface area contributed by atoms with E-state index >= 15 is 0 Å². The topological polar surface area (TPSA) is 49.9 Å². The van der Waals surface area contributed by atoms with Gasteiger partial charge < -0.3 is 14.5 Å². The summed E-state index contributed by atoms with van der Waals surface area (Å²) >= 11 is 5.96. The Balaban J connectivity index is 1.53. The largest absolute Gasteiger partial charge is 0.484 e. The SMILES string of the molecule is Cc1ccc(OCC(=O)N2CCN(C(=O)c3c(F)cccc3Cl)CC2)cc1. The molecular weight excluding hydrogens is 371 g/mol. The van der Waals surface area contributed by atoms with E-state index in [-0.39, 0.29) is 23.1 Å². The second-order valence-corrected chi connectivity index (χ2v) is 6.78. The number of carbonyl (C=O) groups is 2. The van der Waals surface area contributed by atoms with Crippen molar-refractivity contribution in [2.24, 2.45) is 0 Å². The van der Waals surface area contributed by atoms with Crippen molar-refractivity contribution in [3.63, 3.8) is 0 Å².